The van der Waals surface area contributed by atoms with E-state index in [0.717, 1.165) is 32.1 Å². The number of nitrogens with zero attached hydrogens (tertiary/aromatic N) is 1. The number of fused-ring (bicyclic) bond motifs is 5. The van der Waals surface area contributed by atoms with Gasteiger partial charge in [-0.05, 0) is 73.2 Å². The first kappa shape index (κ1) is 21.5. The minimum atomic E-state index is -0.163. The van der Waals surface area contributed by atoms with Crippen molar-refractivity contribution in [2.75, 3.05) is 7.05 Å². The van der Waals surface area contributed by atoms with Crippen LogP contribution in [0.5, 0.6) is 0 Å². The Morgan fingerprint density at radius 2 is 2.03 bits per heavy atom. The van der Waals surface area contributed by atoms with Crippen molar-refractivity contribution >= 4 is 23.6 Å². The lowest BCUT2D eigenvalue weighted by Crippen LogP contribution is -2.60. The van der Waals surface area contributed by atoms with Crippen LogP contribution in [0.4, 0.5) is 0 Å². The molecule has 2 amide bonds. The normalized spacial score (nSPS) is 42.9. The van der Waals surface area contributed by atoms with E-state index >= 15 is 0 Å². The molecule has 3 N–H and O–H groups in total. The average Bonchev–Trinajstić information content (AvgIpc) is 3.05. The molecule has 0 aromatic rings. The first-order chi connectivity index (χ1) is 14.2. The lowest BCUT2D eigenvalue weighted by atomic mass is 9.48. The van der Waals surface area contributed by atoms with E-state index in [9.17, 15) is 9.59 Å². The Morgan fingerprint density at radius 3 is 2.77 bits per heavy atom. The second-order valence-corrected chi connectivity index (χ2v) is 11.0. The third-order valence-electron chi connectivity index (χ3n) is 8.99. The number of nitrogens with one attached hydrogen (secondary N) is 1. The van der Waals surface area contributed by atoms with Crippen LogP contribution in [-0.4, -0.2) is 35.8 Å². The number of likely N-dealkylation sites (N-methyl/N-ethyl adjacent to an activating group) is 1. The van der Waals surface area contributed by atoms with Crippen molar-refractivity contribution in [1.29, 1.82) is 0 Å². The lowest BCUT2D eigenvalue weighted by molar-refractivity contribution is -0.138. The van der Waals surface area contributed by atoms with Crippen molar-refractivity contribution in [2.24, 2.45) is 34.3 Å². The summed E-state index contributed by atoms with van der Waals surface area (Å²) in [6.45, 7) is 8.39. The maximum absolute atomic E-state index is 12.6. The lowest BCUT2D eigenvalue weighted by Gasteiger charge is -2.60. The first-order valence-corrected chi connectivity index (χ1v) is 12.2. The molecular formula is C24H35N3O2S. The van der Waals surface area contributed by atoms with Gasteiger partial charge in [-0.15, -0.1) is 11.8 Å². The molecule has 0 saturated heterocycles. The van der Waals surface area contributed by atoms with E-state index in [1.807, 2.05) is 11.9 Å². The molecule has 4 rings (SSSR count). The number of hydrogen-bond acceptors (Lipinski definition) is 4. The van der Waals surface area contributed by atoms with Gasteiger partial charge >= 0.3 is 0 Å². The Morgan fingerprint density at radius 1 is 1.27 bits per heavy atom. The quantitative estimate of drug-likeness (QED) is 0.667. The van der Waals surface area contributed by atoms with Gasteiger partial charge in [0, 0.05) is 30.0 Å². The van der Waals surface area contributed by atoms with Crippen LogP contribution in [0.2, 0.25) is 0 Å². The minimum absolute atomic E-state index is 0.0588. The van der Waals surface area contributed by atoms with Gasteiger partial charge in [0.25, 0.3) is 5.91 Å². The molecule has 5 nitrogen and oxygen atoms in total. The van der Waals surface area contributed by atoms with Crippen LogP contribution in [0.15, 0.2) is 35.2 Å². The number of hydrogen-bond donors (Lipinski definition) is 2. The van der Waals surface area contributed by atoms with E-state index in [2.05, 4.69) is 31.8 Å². The SMILES string of the molecule is C=CS/C=C(\N)C(=O)N[C@H]1CC[C@H]2[C@@H]3CC[C@H]4N(C)C(=O)C=C[C@]4(C)[C@H]3CC[C@]12C. The van der Waals surface area contributed by atoms with E-state index in [-0.39, 0.29) is 34.4 Å². The topological polar surface area (TPSA) is 75.4 Å². The molecule has 6 heteroatoms. The van der Waals surface area contributed by atoms with Crippen LogP contribution in [-0.2, 0) is 9.59 Å². The monoisotopic (exact) mass is 429 g/mol. The molecule has 1 aliphatic heterocycles. The zero-order valence-electron chi connectivity index (χ0n) is 18.4. The Balaban J connectivity index is 1.53. The number of carbonyl (C=O) groups is 2. The Labute approximate surface area is 184 Å². The van der Waals surface area contributed by atoms with Crippen LogP contribution >= 0.6 is 11.8 Å². The Bertz CT molecular complexity index is 808. The molecular weight excluding hydrogens is 394 g/mol. The van der Waals surface area contributed by atoms with Crippen LogP contribution in [0, 0.1) is 28.6 Å². The summed E-state index contributed by atoms with van der Waals surface area (Å²) in [5.74, 6) is 1.85. The van der Waals surface area contributed by atoms with Crippen molar-refractivity contribution < 1.29 is 9.59 Å². The molecule has 0 bridgehead atoms. The summed E-state index contributed by atoms with van der Waals surface area (Å²) in [7, 11) is 1.96. The fourth-order valence-corrected chi connectivity index (χ4v) is 7.74. The maximum atomic E-state index is 12.6. The van der Waals surface area contributed by atoms with Gasteiger partial charge in [-0.2, -0.15) is 0 Å². The number of carbonyl (C=O) groups excluding carboxylic acids is 2. The second-order valence-electron chi connectivity index (χ2n) is 10.1. The molecule has 30 heavy (non-hydrogen) atoms. The van der Waals surface area contributed by atoms with Crippen LogP contribution in [0.3, 0.4) is 0 Å². The van der Waals surface area contributed by atoms with Gasteiger partial charge in [0.2, 0.25) is 5.91 Å². The van der Waals surface area contributed by atoms with Crippen molar-refractivity contribution in [3.05, 3.63) is 35.2 Å². The standard InChI is InChI=1S/C24H35N3O2S/c1-5-30-14-18(25)22(29)26-19-8-7-16-15-6-9-20-24(3,13-11-21(28)27(20)4)17(15)10-12-23(16,19)2/h5,11,13-17,19-20H,1,6-10,12,25H2,2-4H3,(H,26,29)/b18-14-/t15-,16-,17-,19-,20+,23-,24+/m0/s1. The minimum Gasteiger partial charge on any atom is -0.394 e. The molecule has 3 fully saturated rings. The molecule has 0 unspecified atom stereocenters. The first-order valence-electron chi connectivity index (χ1n) is 11.2. The molecule has 1 heterocycles. The van der Waals surface area contributed by atoms with Crippen LogP contribution in [0.1, 0.15) is 52.4 Å². The van der Waals surface area contributed by atoms with E-state index in [0.29, 0.717) is 23.8 Å². The fourth-order valence-electron chi connectivity index (χ4n) is 7.39. The summed E-state index contributed by atoms with van der Waals surface area (Å²) in [6, 6.07) is 0.484. The second kappa shape index (κ2) is 7.77. The third kappa shape index (κ3) is 3.22. The molecule has 3 aliphatic carbocycles. The summed E-state index contributed by atoms with van der Waals surface area (Å²) in [4.78, 5) is 26.8. The molecule has 0 spiro atoms. The highest BCUT2D eigenvalue weighted by Crippen LogP contribution is 2.63. The Hall–Kier alpha value is -1.69. The molecule has 7 atom stereocenters. The summed E-state index contributed by atoms with van der Waals surface area (Å²) >= 11 is 1.33. The van der Waals surface area contributed by atoms with Gasteiger partial charge in [0.1, 0.15) is 5.70 Å². The van der Waals surface area contributed by atoms with Crippen LogP contribution < -0.4 is 11.1 Å². The predicted octanol–water partition coefficient (Wildman–Crippen LogP) is 3.79. The highest BCUT2D eigenvalue weighted by Gasteiger charge is 2.60. The number of amides is 2. The molecule has 164 valence electrons. The highest BCUT2D eigenvalue weighted by atomic mass is 32.2. The van der Waals surface area contributed by atoms with Gasteiger partial charge in [-0.25, -0.2) is 0 Å². The van der Waals surface area contributed by atoms with E-state index in [4.69, 9.17) is 5.73 Å². The maximum Gasteiger partial charge on any atom is 0.267 e. The number of nitrogens with two attached hydrogens (primary N) is 1. The summed E-state index contributed by atoms with van der Waals surface area (Å²) in [6.07, 6.45) is 10.7. The fraction of sp³-hybridized carbons (Fsp3) is 0.667. The van der Waals surface area contributed by atoms with Crippen molar-refractivity contribution in [3.63, 3.8) is 0 Å². The molecule has 3 saturated carbocycles. The van der Waals surface area contributed by atoms with Gasteiger partial charge in [-0.3, -0.25) is 9.59 Å². The molecule has 4 aliphatic rings. The largest absolute Gasteiger partial charge is 0.394 e. The molecule has 0 radical (unpaired) electrons. The van der Waals surface area contributed by atoms with Gasteiger partial charge in [0.15, 0.2) is 0 Å². The smallest absolute Gasteiger partial charge is 0.267 e. The number of thioether (sulfide) groups is 1. The number of rotatable bonds is 4. The zero-order valence-corrected chi connectivity index (χ0v) is 19.2. The zero-order chi connectivity index (χ0) is 21.7. The van der Waals surface area contributed by atoms with Gasteiger partial charge in [0.05, 0.1) is 0 Å². The summed E-state index contributed by atoms with van der Waals surface area (Å²) in [5, 5.41) is 6.57. The Kier molecular flexibility index (Phi) is 5.58. The molecule has 0 aromatic carbocycles. The van der Waals surface area contributed by atoms with Gasteiger partial charge < -0.3 is 16.0 Å². The average molecular weight is 430 g/mol. The van der Waals surface area contributed by atoms with E-state index in [1.165, 1.54) is 18.2 Å². The van der Waals surface area contributed by atoms with Crippen molar-refractivity contribution in [3.8, 4) is 0 Å². The van der Waals surface area contributed by atoms with Crippen molar-refractivity contribution in [1.82, 2.24) is 10.2 Å². The summed E-state index contributed by atoms with van der Waals surface area (Å²) in [5.41, 5.74) is 6.39. The third-order valence-corrected chi connectivity index (χ3v) is 9.57. The van der Waals surface area contributed by atoms with Crippen molar-refractivity contribution in [2.45, 2.75) is 64.5 Å². The van der Waals surface area contributed by atoms with E-state index in [1.54, 1.807) is 16.9 Å². The van der Waals surface area contributed by atoms with Gasteiger partial charge in [-0.1, -0.05) is 26.5 Å². The predicted molar refractivity (Wildman–Crippen MR) is 122 cm³/mol. The van der Waals surface area contributed by atoms with E-state index < -0.39 is 0 Å². The van der Waals surface area contributed by atoms with Crippen LogP contribution in [0.25, 0.3) is 0 Å². The molecule has 0 aromatic heterocycles. The highest BCUT2D eigenvalue weighted by molar-refractivity contribution is 8.04. The summed E-state index contributed by atoms with van der Waals surface area (Å²) < 4.78 is 0.